The minimum Gasteiger partial charge on any atom is -0.275 e. The third-order valence-corrected chi connectivity index (χ3v) is 4.97. The molecule has 1 rings (SSSR count). The number of amides is 1. The van der Waals surface area contributed by atoms with Gasteiger partial charge in [-0.1, -0.05) is 6.92 Å². The zero-order chi connectivity index (χ0) is 13.1. The predicted octanol–water partition coefficient (Wildman–Crippen LogP) is 0.210. The Labute approximate surface area is 103 Å². The normalized spacial score (nSPS) is 21.7. The molecule has 1 aliphatic heterocycles. The van der Waals surface area contributed by atoms with E-state index in [0.29, 0.717) is 19.4 Å². The lowest BCUT2D eigenvalue weighted by molar-refractivity contribution is -0.172. The molecule has 100 valence electrons. The summed E-state index contributed by atoms with van der Waals surface area (Å²) in [5, 5.41) is 1.09. The Morgan fingerprint density at radius 3 is 2.71 bits per heavy atom. The van der Waals surface area contributed by atoms with Gasteiger partial charge in [-0.3, -0.25) is 9.63 Å². The van der Waals surface area contributed by atoms with Gasteiger partial charge in [-0.15, -0.1) is 0 Å². The number of hydrogen-bond acceptors (Lipinski definition) is 4. The monoisotopic (exact) mass is 264 g/mol. The van der Waals surface area contributed by atoms with Gasteiger partial charge in [0.2, 0.25) is 10.0 Å². The molecule has 1 atom stereocenters. The molecule has 0 aromatic heterocycles. The number of sulfonamides is 1. The van der Waals surface area contributed by atoms with E-state index in [2.05, 4.69) is 0 Å². The van der Waals surface area contributed by atoms with Crippen molar-refractivity contribution >= 4 is 15.9 Å². The highest BCUT2D eigenvalue weighted by atomic mass is 32.2. The van der Waals surface area contributed by atoms with E-state index in [4.69, 9.17) is 4.84 Å². The molecule has 0 bridgehead atoms. The van der Waals surface area contributed by atoms with Crippen molar-refractivity contribution in [1.29, 1.82) is 0 Å². The van der Waals surface area contributed by atoms with Gasteiger partial charge in [0.1, 0.15) is 6.04 Å². The average molecular weight is 264 g/mol. The zero-order valence-electron chi connectivity index (χ0n) is 10.5. The minimum absolute atomic E-state index is 0.0908. The molecule has 7 heteroatoms. The van der Waals surface area contributed by atoms with E-state index in [1.165, 1.54) is 18.5 Å². The largest absolute Gasteiger partial charge is 0.275 e. The molecule has 1 saturated heterocycles. The van der Waals surface area contributed by atoms with Crippen molar-refractivity contribution in [1.82, 2.24) is 9.37 Å². The first-order valence-corrected chi connectivity index (χ1v) is 7.36. The van der Waals surface area contributed by atoms with Crippen LogP contribution in [0, 0.1) is 0 Å². The highest BCUT2D eigenvalue weighted by molar-refractivity contribution is 7.89. The number of hydrogen-bond donors (Lipinski definition) is 0. The highest BCUT2D eigenvalue weighted by Gasteiger charge is 2.39. The SMILES string of the molecule is CCCS(=O)(=O)N1CCCC1C(=O)N(C)OC. The highest BCUT2D eigenvalue weighted by Crippen LogP contribution is 2.23. The van der Waals surface area contributed by atoms with Gasteiger partial charge in [0.15, 0.2) is 0 Å². The molecule has 1 heterocycles. The van der Waals surface area contributed by atoms with Crippen molar-refractivity contribution < 1.29 is 18.0 Å². The Kier molecular flexibility index (Phi) is 4.91. The smallest absolute Gasteiger partial charge is 0.264 e. The van der Waals surface area contributed by atoms with E-state index >= 15 is 0 Å². The summed E-state index contributed by atoms with van der Waals surface area (Å²) in [5.41, 5.74) is 0. The van der Waals surface area contributed by atoms with Gasteiger partial charge in [0, 0.05) is 13.6 Å². The fourth-order valence-electron chi connectivity index (χ4n) is 1.99. The summed E-state index contributed by atoms with van der Waals surface area (Å²) in [6.45, 7) is 2.24. The summed E-state index contributed by atoms with van der Waals surface area (Å²) < 4.78 is 25.3. The quantitative estimate of drug-likeness (QED) is 0.666. The molecule has 1 unspecified atom stereocenters. The maximum absolute atomic E-state index is 12.0. The number of carbonyl (C=O) groups excluding carboxylic acids is 1. The molecule has 0 aromatic carbocycles. The molecule has 1 fully saturated rings. The summed E-state index contributed by atoms with van der Waals surface area (Å²) in [6, 6.07) is -0.600. The molecule has 6 nitrogen and oxygen atoms in total. The first-order chi connectivity index (χ1) is 7.94. The first-order valence-electron chi connectivity index (χ1n) is 5.75. The zero-order valence-corrected chi connectivity index (χ0v) is 11.4. The van der Waals surface area contributed by atoms with Crippen molar-refractivity contribution in [2.75, 3.05) is 26.5 Å². The molecular weight excluding hydrogens is 244 g/mol. The van der Waals surface area contributed by atoms with Gasteiger partial charge >= 0.3 is 0 Å². The van der Waals surface area contributed by atoms with Crippen LogP contribution in [0.5, 0.6) is 0 Å². The lowest BCUT2D eigenvalue weighted by atomic mass is 10.2. The molecule has 0 aliphatic carbocycles. The molecule has 17 heavy (non-hydrogen) atoms. The number of carbonyl (C=O) groups is 1. The molecule has 0 spiro atoms. The number of hydroxylamine groups is 2. The van der Waals surface area contributed by atoms with Crippen LogP contribution in [0.3, 0.4) is 0 Å². The fourth-order valence-corrected chi connectivity index (χ4v) is 3.74. The second kappa shape index (κ2) is 5.79. The number of nitrogens with zero attached hydrogens (tertiary/aromatic N) is 2. The Balaban J connectivity index is 2.83. The Bertz CT molecular complexity index is 369. The number of rotatable bonds is 5. The van der Waals surface area contributed by atoms with Crippen molar-refractivity contribution in [3.05, 3.63) is 0 Å². The van der Waals surface area contributed by atoms with Crippen LogP contribution in [-0.4, -0.2) is 56.2 Å². The van der Waals surface area contributed by atoms with E-state index in [0.717, 1.165) is 11.5 Å². The van der Waals surface area contributed by atoms with Crippen molar-refractivity contribution in [3.63, 3.8) is 0 Å². The second-order valence-corrected chi connectivity index (χ2v) is 6.14. The van der Waals surface area contributed by atoms with Crippen LogP contribution in [0.15, 0.2) is 0 Å². The third-order valence-electron chi connectivity index (χ3n) is 2.89. The Morgan fingerprint density at radius 2 is 2.18 bits per heavy atom. The van der Waals surface area contributed by atoms with Gasteiger partial charge in [0.25, 0.3) is 5.91 Å². The van der Waals surface area contributed by atoms with Crippen molar-refractivity contribution in [2.24, 2.45) is 0 Å². The van der Waals surface area contributed by atoms with Crippen LogP contribution in [0.1, 0.15) is 26.2 Å². The van der Waals surface area contributed by atoms with Crippen molar-refractivity contribution in [3.8, 4) is 0 Å². The van der Waals surface area contributed by atoms with E-state index < -0.39 is 16.1 Å². The topological polar surface area (TPSA) is 66.9 Å². The van der Waals surface area contributed by atoms with Crippen LogP contribution in [-0.2, 0) is 19.7 Å². The van der Waals surface area contributed by atoms with Gasteiger partial charge in [-0.25, -0.2) is 13.5 Å². The number of likely N-dealkylation sites (N-methyl/N-ethyl adjacent to an activating group) is 1. The summed E-state index contributed by atoms with van der Waals surface area (Å²) >= 11 is 0. The van der Waals surface area contributed by atoms with Crippen LogP contribution in [0.2, 0.25) is 0 Å². The van der Waals surface area contributed by atoms with Gasteiger partial charge in [-0.2, -0.15) is 4.31 Å². The van der Waals surface area contributed by atoms with Crippen LogP contribution >= 0.6 is 0 Å². The van der Waals surface area contributed by atoms with Gasteiger partial charge < -0.3 is 0 Å². The van der Waals surface area contributed by atoms with E-state index in [9.17, 15) is 13.2 Å². The maximum Gasteiger partial charge on any atom is 0.264 e. The molecule has 0 radical (unpaired) electrons. The molecule has 1 amide bonds. The Hall–Kier alpha value is -0.660. The average Bonchev–Trinajstić information content (AvgIpc) is 2.76. The van der Waals surface area contributed by atoms with Crippen LogP contribution in [0.4, 0.5) is 0 Å². The van der Waals surface area contributed by atoms with Gasteiger partial charge in [-0.05, 0) is 19.3 Å². The minimum atomic E-state index is -3.32. The lowest BCUT2D eigenvalue weighted by Crippen LogP contribution is -2.46. The third kappa shape index (κ3) is 3.17. The lowest BCUT2D eigenvalue weighted by Gasteiger charge is -2.25. The second-order valence-electron chi connectivity index (χ2n) is 4.10. The fraction of sp³-hybridized carbons (Fsp3) is 0.900. The van der Waals surface area contributed by atoms with Crippen molar-refractivity contribution in [2.45, 2.75) is 32.2 Å². The first kappa shape index (κ1) is 14.4. The van der Waals surface area contributed by atoms with Crippen LogP contribution < -0.4 is 0 Å². The molecular formula is C10H20N2O4S. The molecule has 1 aliphatic rings. The molecule has 0 aromatic rings. The predicted molar refractivity (Wildman–Crippen MR) is 63.6 cm³/mol. The summed E-state index contributed by atoms with van der Waals surface area (Å²) in [7, 11) is -0.438. The maximum atomic E-state index is 12.0. The standard InChI is InChI=1S/C10H20N2O4S/c1-4-8-17(14,15)12-7-5-6-9(12)10(13)11(2)16-3/h9H,4-8H2,1-3H3. The summed E-state index contributed by atoms with van der Waals surface area (Å²) in [4.78, 5) is 16.7. The summed E-state index contributed by atoms with van der Waals surface area (Å²) in [5.74, 6) is -0.210. The molecule has 0 N–H and O–H groups in total. The van der Waals surface area contributed by atoms with E-state index in [1.54, 1.807) is 0 Å². The van der Waals surface area contributed by atoms with E-state index in [-0.39, 0.29) is 11.7 Å². The Morgan fingerprint density at radius 1 is 1.53 bits per heavy atom. The summed E-state index contributed by atoms with van der Waals surface area (Å²) in [6.07, 6.45) is 1.84. The van der Waals surface area contributed by atoms with Crippen LogP contribution in [0.25, 0.3) is 0 Å². The van der Waals surface area contributed by atoms with E-state index in [1.807, 2.05) is 6.92 Å². The molecule has 0 saturated carbocycles. The van der Waals surface area contributed by atoms with Gasteiger partial charge in [0.05, 0.1) is 12.9 Å².